The number of hydrogen-bond donors (Lipinski definition) is 0. The van der Waals surface area contributed by atoms with E-state index in [0.29, 0.717) is 0 Å². The summed E-state index contributed by atoms with van der Waals surface area (Å²) in [7, 11) is 0. The molecule has 72 valence electrons. The van der Waals surface area contributed by atoms with Crippen LogP contribution in [0.5, 0.6) is 0 Å². The molecule has 0 bridgehead atoms. The molecule has 1 nitrogen and oxygen atoms in total. The average Bonchev–Trinajstić information content (AvgIpc) is 1.79. The lowest BCUT2D eigenvalue weighted by Crippen LogP contribution is -2.23. The number of Topliss-reactive ketones (excluding diaryl/α,β-unsaturated/α-hetero) is 1. The lowest BCUT2D eigenvalue weighted by molar-refractivity contribution is -0.120. The Bertz CT molecular complexity index is 162. The Labute approximate surface area is 96.2 Å². The van der Waals surface area contributed by atoms with E-state index in [0.717, 1.165) is 0 Å². The van der Waals surface area contributed by atoms with Crippen LogP contribution in [-0.4, -0.2) is 14.4 Å². The van der Waals surface area contributed by atoms with Gasteiger partial charge in [0, 0.05) is 6.42 Å². The van der Waals surface area contributed by atoms with Crippen LogP contribution in [0.2, 0.25) is 0 Å². The summed E-state index contributed by atoms with van der Waals surface area (Å²) in [6, 6.07) is 0. The first-order valence-electron chi connectivity index (χ1n) is 3.09. The van der Waals surface area contributed by atoms with Crippen molar-refractivity contribution in [1.29, 1.82) is 0 Å². The minimum absolute atomic E-state index is 0.0324. The van der Waals surface area contributed by atoms with Gasteiger partial charge in [0.05, 0.1) is 5.92 Å². The molecule has 0 N–H and O–H groups in total. The average molecular weight is 272 g/mol. The molecule has 0 aromatic rings. The third-order valence-electron chi connectivity index (χ3n) is 1.28. The quantitative estimate of drug-likeness (QED) is 0.715. The van der Waals surface area contributed by atoms with E-state index in [1.54, 1.807) is 0 Å². The van der Waals surface area contributed by atoms with Gasteiger partial charge in [-0.3, -0.25) is 4.79 Å². The number of hydrogen-bond acceptors (Lipinski definition) is 1. The number of alkyl halides is 5. The van der Waals surface area contributed by atoms with Crippen molar-refractivity contribution >= 4 is 63.8 Å². The van der Waals surface area contributed by atoms with Crippen molar-refractivity contribution in [3.05, 3.63) is 0 Å². The highest BCUT2D eigenvalue weighted by Crippen LogP contribution is 2.36. The molecule has 0 aliphatic heterocycles. The van der Waals surface area contributed by atoms with Crippen molar-refractivity contribution in [2.24, 2.45) is 5.92 Å². The molecular weight excluding hydrogens is 265 g/mol. The first-order valence-corrected chi connectivity index (χ1v) is 5.10. The van der Waals surface area contributed by atoms with Crippen LogP contribution in [0.25, 0.3) is 0 Å². The van der Waals surface area contributed by atoms with Crippen LogP contribution in [0.15, 0.2) is 0 Å². The van der Waals surface area contributed by atoms with Crippen molar-refractivity contribution < 1.29 is 4.79 Å². The summed E-state index contributed by atoms with van der Waals surface area (Å²) < 4.78 is -1.49. The van der Waals surface area contributed by atoms with Crippen molar-refractivity contribution in [3.8, 4) is 0 Å². The van der Waals surface area contributed by atoms with E-state index >= 15 is 0 Å². The minimum Gasteiger partial charge on any atom is -0.300 e. The topological polar surface area (TPSA) is 17.1 Å². The maximum atomic E-state index is 10.9. The van der Waals surface area contributed by atoms with Gasteiger partial charge < -0.3 is 0 Å². The van der Waals surface area contributed by atoms with E-state index in [1.165, 1.54) is 6.92 Å². The summed E-state index contributed by atoms with van der Waals surface area (Å²) >= 11 is 27.5. The fourth-order valence-corrected chi connectivity index (χ4v) is 1.69. The van der Waals surface area contributed by atoms with Crippen LogP contribution in [0.4, 0.5) is 0 Å². The number of halogens is 5. The predicted molar refractivity (Wildman–Crippen MR) is 54.6 cm³/mol. The van der Waals surface area contributed by atoms with Gasteiger partial charge in [0.15, 0.2) is 3.79 Å². The highest BCUT2D eigenvalue weighted by Gasteiger charge is 2.31. The van der Waals surface area contributed by atoms with E-state index in [9.17, 15) is 4.79 Å². The summed E-state index contributed by atoms with van der Waals surface area (Å²) in [5, 5.41) is 0. The Morgan fingerprint density at radius 2 is 1.75 bits per heavy atom. The Morgan fingerprint density at radius 3 is 1.83 bits per heavy atom. The van der Waals surface area contributed by atoms with E-state index in [4.69, 9.17) is 58.0 Å². The van der Waals surface area contributed by atoms with Gasteiger partial charge in [-0.05, 0) is 6.92 Å². The molecule has 12 heavy (non-hydrogen) atoms. The Morgan fingerprint density at radius 1 is 1.33 bits per heavy atom. The van der Waals surface area contributed by atoms with Gasteiger partial charge >= 0.3 is 0 Å². The van der Waals surface area contributed by atoms with Gasteiger partial charge in [-0.1, -0.05) is 34.8 Å². The van der Waals surface area contributed by atoms with Crippen LogP contribution in [0, 0.1) is 5.92 Å². The molecule has 0 spiro atoms. The molecule has 6 heteroatoms. The molecule has 0 aromatic heterocycles. The van der Waals surface area contributed by atoms with Crippen molar-refractivity contribution in [2.75, 3.05) is 0 Å². The molecule has 1 atom stereocenters. The molecule has 0 heterocycles. The van der Waals surface area contributed by atoms with Crippen LogP contribution in [-0.2, 0) is 4.79 Å². The van der Waals surface area contributed by atoms with E-state index < -0.39 is 14.5 Å². The number of carbonyl (C=O) groups is 1. The lowest BCUT2D eigenvalue weighted by Gasteiger charge is -2.19. The molecule has 1 unspecified atom stereocenters. The first kappa shape index (κ1) is 13.1. The Kier molecular flexibility index (Phi) is 5.59. The second-order valence-electron chi connectivity index (χ2n) is 2.37. The Hall–Kier alpha value is 1.12. The number of rotatable bonds is 3. The standard InChI is InChI=1S/C6H7Cl5O/c1-3(12)4(5(7)8)2-6(9,10)11/h4-5H,2H2,1H3. The molecule has 0 aromatic carbocycles. The third-order valence-corrected chi connectivity index (χ3v) is 2.35. The van der Waals surface area contributed by atoms with Gasteiger partial charge in [-0.2, -0.15) is 0 Å². The zero-order valence-electron chi connectivity index (χ0n) is 6.16. The Balaban J connectivity index is 4.25. The fourth-order valence-electron chi connectivity index (χ4n) is 0.660. The van der Waals surface area contributed by atoms with E-state index in [-0.39, 0.29) is 12.2 Å². The van der Waals surface area contributed by atoms with Gasteiger partial charge in [-0.25, -0.2) is 0 Å². The normalized spacial score (nSPS) is 14.9. The molecule has 0 saturated carbocycles. The number of ketones is 1. The summed E-state index contributed by atoms with van der Waals surface area (Å²) in [6.45, 7) is 1.36. The largest absolute Gasteiger partial charge is 0.300 e. The molecule has 0 radical (unpaired) electrons. The summed E-state index contributed by atoms with van der Waals surface area (Å²) in [5.74, 6) is -0.808. The molecule has 0 saturated heterocycles. The van der Waals surface area contributed by atoms with E-state index in [2.05, 4.69) is 0 Å². The highest BCUT2D eigenvalue weighted by atomic mass is 35.6. The second kappa shape index (κ2) is 5.11. The van der Waals surface area contributed by atoms with Crippen LogP contribution in [0.3, 0.4) is 0 Å². The zero-order chi connectivity index (χ0) is 9.94. The second-order valence-corrected chi connectivity index (χ2v) is 6.05. The first-order chi connectivity index (χ1) is 5.24. The predicted octanol–water partition coefficient (Wildman–Crippen LogP) is 3.76. The van der Waals surface area contributed by atoms with Crippen LogP contribution >= 0.6 is 58.0 Å². The SMILES string of the molecule is CC(=O)C(CC(Cl)(Cl)Cl)C(Cl)Cl. The highest BCUT2D eigenvalue weighted by molar-refractivity contribution is 6.67. The third kappa shape index (κ3) is 5.71. The summed E-state index contributed by atoms with van der Waals surface area (Å²) in [5.41, 5.74) is 0. The van der Waals surface area contributed by atoms with Crippen LogP contribution < -0.4 is 0 Å². The molecule has 0 fully saturated rings. The monoisotopic (exact) mass is 270 g/mol. The van der Waals surface area contributed by atoms with Crippen molar-refractivity contribution in [3.63, 3.8) is 0 Å². The molecule has 0 aliphatic rings. The van der Waals surface area contributed by atoms with Gasteiger partial charge in [0.1, 0.15) is 10.6 Å². The fraction of sp³-hybridized carbons (Fsp3) is 0.833. The maximum Gasteiger partial charge on any atom is 0.191 e. The maximum absolute atomic E-state index is 10.9. The summed E-state index contributed by atoms with van der Waals surface area (Å²) in [4.78, 5) is 10.1. The molecule has 0 aliphatic carbocycles. The van der Waals surface area contributed by atoms with E-state index in [1.807, 2.05) is 0 Å². The van der Waals surface area contributed by atoms with Gasteiger partial charge in [0.2, 0.25) is 0 Å². The summed E-state index contributed by atoms with van der Waals surface area (Å²) in [6.07, 6.45) is 0.0324. The number of carbonyl (C=O) groups excluding carboxylic acids is 1. The molecule has 0 amide bonds. The van der Waals surface area contributed by atoms with Gasteiger partial charge in [-0.15, -0.1) is 23.2 Å². The smallest absolute Gasteiger partial charge is 0.191 e. The lowest BCUT2D eigenvalue weighted by atomic mass is 10.0. The van der Waals surface area contributed by atoms with Crippen LogP contribution in [0.1, 0.15) is 13.3 Å². The molecule has 0 rings (SSSR count). The molecular formula is C6H7Cl5O. The zero-order valence-corrected chi connectivity index (χ0v) is 9.94. The van der Waals surface area contributed by atoms with Crippen molar-refractivity contribution in [1.82, 2.24) is 0 Å². The van der Waals surface area contributed by atoms with Gasteiger partial charge in [0.25, 0.3) is 0 Å². The minimum atomic E-state index is -1.49. The van der Waals surface area contributed by atoms with Crippen molar-refractivity contribution in [2.45, 2.75) is 22.0 Å².